The van der Waals surface area contributed by atoms with Gasteiger partial charge in [-0.3, -0.25) is 4.79 Å². The summed E-state index contributed by atoms with van der Waals surface area (Å²) in [6, 6.07) is 2.76. The average Bonchev–Trinajstić information content (AvgIpc) is 2.81. The molecule has 35 heavy (non-hydrogen) atoms. The zero-order valence-corrected chi connectivity index (χ0v) is 22.7. The molecule has 0 spiro atoms. The predicted molar refractivity (Wildman–Crippen MR) is 141 cm³/mol. The summed E-state index contributed by atoms with van der Waals surface area (Å²) in [5.41, 5.74) is 6.96. The van der Waals surface area contributed by atoms with Crippen LogP contribution in [0.3, 0.4) is 0 Å². The molecule has 8 atom stereocenters. The van der Waals surface area contributed by atoms with E-state index in [1.165, 1.54) is 5.57 Å². The Morgan fingerprint density at radius 1 is 1.09 bits per heavy atom. The maximum atomic E-state index is 14.0. The van der Waals surface area contributed by atoms with Gasteiger partial charge in [0.2, 0.25) is 0 Å². The molecule has 4 heteroatoms. The summed E-state index contributed by atoms with van der Waals surface area (Å²) in [7, 11) is 0. The van der Waals surface area contributed by atoms with Gasteiger partial charge in [0, 0.05) is 23.7 Å². The highest BCUT2D eigenvalue weighted by atomic mass is 16.5. The molecule has 0 aromatic heterocycles. The highest BCUT2D eigenvalue weighted by molar-refractivity contribution is 5.95. The Morgan fingerprint density at radius 2 is 1.77 bits per heavy atom. The van der Waals surface area contributed by atoms with Crippen molar-refractivity contribution in [2.24, 2.45) is 51.1 Å². The van der Waals surface area contributed by atoms with E-state index in [2.05, 4.69) is 66.0 Å². The van der Waals surface area contributed by atoms with Crippen molar-refractivity contribution in [3.8, 4) is 6.07 Å². The van der Waals surface area contributed by atoms with Crippen molar-refractivity contribution in [2.75, 3.05) is 6.54 Å². The van der Waals surface area contributed by atoms with Gasteiger partial charge in [-0.1, -0.05) is 33.3 Å². The van der Waals surface area contributed by atoms with Crippen LogP contribution in [0.2, 0.25) is 0 Å². The van der Waals surface area contributed by atoms with Crippen LogP contribution < -0.4 is 5.73 Å². The molecule has 3 saturated carbocycles. The Balaban J connectivity index is 0.00000141. The van der Waals surface area contributed by atoms with Crippen LogP contribution in [0.15, 0.2) is 36.6 Å². The normalized spacial score (nSPS) is 45.4. The third-order valence-corrected chi connectivity index (χ3v) is 10.9. The van der Waals surface area contributed by atoms with E-state index in [4.69, 9.17) is 10.5 Å². The summed E-state index contributed by atoms with van der Waals surface area (Å²) in [5.74, 6) is 2.20. The standard InChI is InChI=1S/C29H42N2O2.C2H4/c1-18-20-6-9-27(4)21-7-10-29(17-31)12-11-26(2,3)16-22(29)25(21)23(32)14-24(27)28(20,5)15-19(33-18)8-13-30;1-2/h14-15,18,20-22,25H,6-13,16,30H2,1-5H3;1-2H2. The van der Waals surface area contributed by atoms with Crippen LogP contribution in [0.25, 0.3) is 0 Å². The molecule has 8 unspecified atom stereocenters. The van der Waals surface area contributed by atoms with Gasteiger partial charge in [0.25, 0.3) is 0 Å². The number of ketones is 1. The van der Waals surface area contributed by atoms with Crippen LogP contribution in [0, 0.1) is 56.7 Å². The topological polar surface area (TPSA) is 76.1 Å². The van der Waals surface area contributed by atoms with E-state index in [1.807, 2.05) is 0 Å². The van der Waals surface area contributed by atoms with E-state index in [9.17, 15) is 10.1 Å². The van der Waals surface area contributed by atoms with E-state index in [-0.39, 0.29) is 39.6 Å². The minimum Gasteiger partial charge on any atom is -0.495 e. The van der Waals surface area contributed by atoms with Crippen LogP contribution in [0.4, 0.5) is 0 Å². The first-order chi connectivity index (χ1) is 16.5. The lowest BCUT2D eigenvalue weighted by Crippen LogP contribution is -2.59. The molecule has 5 rings (SSSR count). The molecule has 0 radical (unpaired) electrons. The van der Waals surface area contributed by atoms with Crippen LogP contribution in [-0.4, -0.2) is 18.4 Å². The summed E-state index contributed by atoms with van der Waals surface area (Å²) in [6.07, 6.45) is 12.5. The fourth-order valence-corrected chi connectivity index (χ4v) is 9.12. The fraction of sp³-hybridized carbons (Fsp3) is 0.742. The summed E-state index contributed by atoms with van der Waals surface area (Å²) in [4.78, 5) is 14.0. The van der Waals surface area contributed by atoms with Gasteiger partial charge in [-0.05, 0) is 93.2 Å². The van der Waals surface area contributed by atoms with E-state index in [0.29, 0.717) is 24.2 Å². The van der Waals surface area contributed by atoms with Gasteiger partial charge in [0.05, 0.1) is 23.3 Å². The smallest absolute Gasteiger partial charge is 0.159 e. The molecule has 0 amide bonds. The van der Waals surface area contributed by atoms with Crippen LogP contribution in [-0.2, 0) is 9.53 Å². The van der Waals surface area contributed by atoms with Crippen molar-refractivity contribution in [1.82, 2.24) is 0 Å². The van der Waals surface area contributed by atoms with Gasteiger partial charge in [-0.25, -0.2) is 0 Å². The van der Waals surface area contributed by atoms with Crippen LogP contribution in [0.5, 0.6) is 0 Å². The Labute approximate surface area is 213 Å². The summed E-state index contributed by atoms with van der Waals surface area (Å²) in [6.45, 7) is 18.2. The number of rotatable bonds is 2. The number of hydrogen-bond donors (Lipinski definition) is 1. The van der Waals surface area contributed by atoms with Crippen molar-refractivity contribution in [2.45, 2.75) is 92.1 Å². The lowest BCUT2D eigenvalue weighted by Gasteiger charge is -2.63. The van der Waals surface area contributed by atoms with E-state index < -0.39 is 0 Å². The Bertz CT molecular complexity index is 973. The Hall–Kier alpha value is -1.86. The Kier molecular flexibility index (Phi) is 6.67. The first kappa shape index (κ1) is 26.2. The quantitative estimate of drug-likeness (QED) is 0.446. The minimum absolute atomic E-state index is 0.00312. The molecule has 0 saturated heterocycles. The Morgan fingerprint density at radius 3 is 2.43 bits per heavy atom. The largest absolute Gasteiger partial charge is 0.495 e. The third-order valence-electron chi connectivity index (χ3n) is 10.9. The second-order valence-electron chi connectivity index (χ2n) is 13.2. The van der Waals surface area contributed by atoms with Crippen molar-refractivity contribution in [3.63, 3.8) is 0 Å². The molecule has 0 aromatic carbocycles. The monoisotopic (exact) mass is 478 g/mol. The summed E-state index contributed by atoms with van der Waals surface area (Å²) in [5, 5.41) is 10.3. The number of hydrogen-bond acceptors (Lipinski definition) is 4. The fourth-order valence-electron chi connectivity index (χ4n) is 9.12. The molecule has 1 heterocycles. The van der Waals surface area contributed by atoms with Gasteiger partial charge >= 0.3 is 0 Å². The van der Waals surface area contributed by atoms with Crippen molar-refractivity contribution >= 4 is 5.78 Å². The highest BCUT2D eigenvalue weighted by Gasteiger charge is 2.64. The minimum atomic E-state index is -0.309. The SMILES string of the molecule is C=C.CC1OC(CCN)=CC2(C)C3=CC(=O)C4C5CC(C)(C)CCC5(C#N)CCC4C3(C)CCC12. The second kappa shape index (κ2) is 8.91. The number of ether oxygens (including phenoxy) is 1. The van der Waals surface area contributed by atoms with Crippen molar-refractivity contribution in [3.05, 3.63) is 36.6 Å². The first-order valence-corrected chi connectivity index (χ1v) is 13.8. The molecular formula is C31H46N2O2. The summed E-state index contributed by atoms with van der Waals surface area (Å²) >= 11 is 0. The second-order valence-corrected chi connectivity index (χ2v) is 13.2. The molecule has 0 bridgehead atoms. The van der Waals surface area contributed by atoms with Crippen LogP contribution >= 0.6 is 0 Å². The van der Waals surface area contributed by atoms with Gasteiger partial charge in [0.1, 0.15) is 0 Å². The zero-order valence-electron chi connectivity index (χ0n) is 22.7. The maximum Gasteiger partial charge on any atom is 0.159 e. The number of allylic oxidation sites excluding steroid dienone is 3. The van der Waals surface area contributed by atoms with E-state index in [0.717, 1.165) is 57.1 Å². The predicted octanol–water partition coefficient (Wildman–Crippen LogP) is 6.73. The number of carbonyl (C=O) groups is 1. The van der Waals surface area contributed by atoms with E-state index >= 15 is 0 Å². The number of carbonyl (C=O) groups excluding carboxylic acids is 1. The van der Waals surface area contributed by atoms with Crippen LogP contribution in [0.1, 0.15) is 86.0 Å². The van der Waals surface area contributed by atoms with Gasteiger partial charge < -0.3 is 10.5 Å². The number of nitrogens with two attached hydrogens (primary N) is 1. The molecule has 5 aliphatic rings. The lowest BCUT2D eigenvalue weighted by atomic mass is 9.40. The van der Waals surface area contributed by atoms with Gasteiger partial charge in [0.15, 0.2) is 5.78 Å². The molecular weight excluding hydrogens is 432 g/mol. The molecule has 3 fully saturated rings. The van der Waals surface area contributed by atoms with Crippen molar-refractivity contribution in [1.29, 1.82) is 5.26 Å². The van der Waals surface area contributed by atoms with Crippen molar-refractivity contribution < 1.29 is 9.53 Å². The zero-order chi connectivity index (χ0) is 25.8. The number of nitrogens with zero attached hydrogens (tertiary/aromatic N) is 1. The number of nitriles is 1. The molecule has 2 N–H and O–H groups in total. The highest BCUT2D eigenvalue weighted by Crippen LogP contribution is 2.69. The molecule has 1 aliphatic heterocycles. The average molecular weight is 479 g/mol. The van der Waals surface area contributed by atoms with Gasteiger partial charge in [-0.15, -0.1) is 13.2 Å². The number of fused-ring (bicyclic) bond motifs is 7. The molecule has 4 nitrogen and oxygen atoms in total. The third kappa shape index (κ3) is 3.85. The molecule has 4 aliphatic carbocycles. The van der Waals surface area contributed by atoms with Gasteiger partial charge in [-0.2, -0.15) is 5.26 Å². The maximum absolute atomic E-state index is 14.0. The first-order valence-electron chi connectivity index (χ1n) is 13.8. The molecule has 192 valence electrons. The lowest BCUT2D eigenvalue weighted by molar-refractivity contribution is -0.141. The molecule has 0 aromatic rings. The van der Waals surface area contributed by atoms with E-state index in [1.54, 1.807) is 0 Å². The summed E-state index contributed by atoms with van der Waals surface area (Å²) < 4.78 is 6.26.